The lowest BCUT2D eigenvalue weighted by Gasteiger charge is -2.01. The molecule has 5 heteroatoms. The van der Waals surface area contributed by atoms with E-state index in [2.05, 4.69) is 17.4 Å². The molecule has 0 radical (unpaired) electrons. The molecule has 0 saturated carbocycles. The van der Waals surface area contributed by atoms with Crippen molar-refractivity contribution in [3.05, 3.63) is 0 Å². The summed E-state index contributed by atoms with van der Waals surface area (Å²) in [5, 5.41) is 0. The van der Waals surface area contributed by atoms with Gasteiger partial charge in [0.2, 0.25) is 0 Å². The van der Waals surface area contributed by atoms with E-state index >= 15 is 0 Å². The van der Waals surface area contributed by atoms with Crippen molar-refractivity contribution >= 4 is 24.6 Å². The monoisotopic (exact) mass is 206 g/mol. The van der Waals surface area contributed by atoms with E-state index < -0.39 is 0 Å². The summed E-state index contributed by atoms with van der Waals surface area (Å²) in [6, 6.07) is 0. The maximum absolute atomic E-state index is 10.9. The fourth-order valence-electron chi connectivity index (χ4n) is 0.711. The van der Waals surface area contributed by atoms with E-state index in [0.29, 0.717) is 18.8 Å². The summed E-state index contributed by atoms with van der Waals surface area (Å²) in [7, 11) is 1.32. The van der Waals surface area contributed by atoms with Crippen LogP contribution < -0.4 is 0 Å². The van der Waals surface area contributed by atoms with Gasteiger partial charge in [0.25, 0.3) is 0 Å². The summed E-state index contributed by atoms with van der Waals surface area (Å²) in [6.07, 6.45) is 0.980. The minimum atomic E-state index is -0.304. The standard InChI is InChI=1S/C8H14O4S/c1-11-7(9)3-2-4-8(10)12-5-6-13/h13H,2-6H2,1H3. The van der Waals surface area contributed by atoms with E-state index in [1.54, 1.807) is 0 Å². The molecule has 0 saturated heterocycles. The Morgan fingerprint density at radius 2 is 1.85 bits per heavy atom. The number of thiol groups is 1. The molecule has 0 spiro atoms. The molecule has 0 unspecified atom stereocenters. The van der Waals surface area contributed by atoms with E-state index in [0.717, 1.165) is 0 Å². The highest BCUT2D eigenvalue weighted by Gasteiger charge is 2.05. The first-order chi connectivity index (χ1) is 6.20. The fourth-order valence-corrected chi connectivity index (χ4v) is 0.802. The van der Waals surface area contributed by atoms with E-state index in [-0.39, 0.29) is 24.8 Å². The third kappa shape index (κ3) is 7.64. The third-order valence-corrected chi connectivity index (χ3v) is 1.53. The Hall–Kier alpha value is -0.710. The van der Waals surface area contributed by atoms with Crippen molar-refractivity contribution in [1.29, 1.82) is 0 Å². The van der Waals surface area contributed by atoms with Crippen LogP contribution in [0.3, 0.4) is 0 Å². The molecule has 0 rings (SSSR count). The number of rotatable bonds is 6. The summed E-state index contributed by atoms with van der Waals surface area (Å²) in [5.74, 6) is -0.0807. The molecular formula is C8H14O4S. The summed E-state index contributed by atoms with van der Waals surface area (Å²) in [4.78, 5) is 21.5. The van der Waals surface area contributed by atoms with Gasteiger partial charge in [-0.1, -0.05) is 0 Å². The second-order valence-corrected chi connectivity index (χ2v) is 2.82. The normalized spacial score (nSPS) is 9.38. The molecule has 4 nitrogen and oxygen atoms in total. The van der Waals surface area contributed by atoms with Crippen LogP contribution in [0.15, 0.2) is 0 Å². The van der Waals surface area contributed by atoms with Crippen LogP contribution in [0.1, 0.15) is 19.3 Å². The molecule has 0 N–H and O–H groups in total. The van der Waals surface area contributed by atoms with E-state index in [9.17, 15) is 9.59 Å². The Balaban J connectivity index is 3.31. The smallest absolute Gasteiger partial charge is 0.305 e. The van der Waals surface area contributed by atoms with Gasteiger partial charge in [0.1, 0.15) is 6.61 Å². The lowest BCUT2D eigenvalue weighted by Crippen LogP contribution is -2.08. The van der Waals surface area contributed by atoms with Crippen molar-refractivity contribution in [2.45, 2.75) is 19.3 Å². The molecule has 0 atom stereocenters. The maximum Gasteiger partial charge on any atom is 0.305 e. The number of carbonyl (C=O) groups excluding carboxylic acids is 2. The quantitative estimate of drug-likeness (QED) is 0.516. The Bertz CT molecular complexity index is 170. The van der Waals surface area contributed by atoms with Crippen molar-refractivity contribution in [3.8, 4) is 0 Å². The average Bonchev–Trinajstić information content (AvgIpc) is 2.14. The van der Waals surface area contributed by atoms with Gasteiger partial charge in [0, 0.05) is 18.6 Å². The highest BCUT2D eigenvalue weighted by Crippen LogP contribution is 1.99. The van der Waals surface area contributed by atoms with Crippen molar-refractivity contribution < 1.29 is 19.1 Å². The molecule has 0 fully saturated rings. The lowest BCUT2D eigenvalue weighted by atomic mass is 10.2. The van der Waals surface area contributed by atoms with Gasteiger partial charge < -0.3 is 9.47 Å². The number of ether oxygens (including phenoxy) is 2. The highest BCUT2D eigenvalue weighted by molar-refractivity contribution is 7.80. The van der Waals surface area contributed by atoms with Crippen molar-refractivity contribution in [2.75, 3.05) is 19.5 Å². The van der Waals surface area contributed by atoms with Crippen molar-refractivity contribution in [1.82, 2.24) is 0 Å². The largest absolute Gasteiger partial charge is 0.469 e. The molecular weight excluding hydrogens is 192 g/mol. The summed E-state index contributed by atoms with van der Waals surface area (Å²) in [5.41, 5.74) is 0. The Labute approximate surface area is 83.0 Å². The SMILES string of the molecule is COC(=O)CCCC(=O)OCCS. The Morgan fingerprint density at radius 1 is 1.23 bits per heavy atom. The summed E-state index contributed by atoms with van der Waals surface area (Å²) >= 11 is 3.88. The first kappa shape index (κ1) is 12.3. The molecule has 0 aliphatic carbocycles. The van der Waals surface area contributed by atoms with Crippen LogP contribution in [0, 0.1) is 0 Å². The molecule has 0 aliphatic rings. The Kier molecular flexibility index (Phi) is 7.48. The second-order valence-electron chi connectivity index (χ2n) is 2.37. The van der Waals surface area contributed by atoms with Gasteiger partial charge in [-0.25, -0.2) is 0 Å². The third-order valence-electron chi connectivity index (χ3n) is 1.34. The lowest BCUT2D eigenvalue weighted by molar-refractivity contribution is -0.143. The van der Waals surface area contributed by atoms with Crippen LogP contribution in [-0.4, -0.2) is 31.4 Å². The van der Waals surface area contributed by atoms with Gasteiger partial charge in [-0.05, 0) is 6.42 Å². The van der Waals surface area contributed by atoms with Crippen LogP contribution in [0.2, 0.25) is 0 Å². The first-order valence-corrected chi connectivity index (χ1v) is 4.67. The fraction of sp³-hybridized carbons (Fsp3) is 0.750. The van der Waals surface area contributed by atoms with Gasteiger partial charge in [-0.3, -0.25) is 9.59 Å². The predicted octanol–water partition coefficient (Wildman–Crippen LogP) is 0.803. The van der Waals surface area contributed by atoms with E-state index in [1.165, 1.54) is 7.11 Å². The molecule has 0 aliphatic heterocycles. The maximum atomic E-state index is 10.9. The Morgan fingerprint density at radius 3 is 2.38 bits per heavy atom. The van der Waals surface area contributed by atoms with Gasteiger partial charge in [-0.2, -0.15) is 12.6 Å². The first-order valence-electron chi connectivity index (χ1n) is 4.04. The van der Waals surface area contributed by atoms with Crippen LogP contribution in [0.25, 0.3) is 0 Å². The average molecular weight is 206 g/mol. The zero-order chi connectivity index (χ0) is 10.1. The molecule has 0 amide bonds. The van der Waals surface area contributed by atoms with Crippen LogP contribution in [0.5, 0.6) is 0 Å². The molecule has 0 aromatic rings. The molecule has 76 valence electrons. The molecule has 0 bridgehead atoms. The zero-order valence-corrected chi connectivity index (χ0v) is 8.51. The molecule has 13 heavy (non-hydrogen) atoms. The predicted molar refractivity (Wildman–Crippen MR) is 50.7 cm³/mol. The minimum Gasteiger partial charge on any atom is -0.469 e. The van der Waals surface area contributed by atoms with Crippen molar-refractivity contribution in [3.63, 3.8) is 0 Å². The van der Waals surface area contributed by atoms with Crippen molar-refractivity contribution in [2.24, 2.45) is 0 Å². The number of hydrogen-bond donors (Lipinski definition) is 1. The highest BCUT2D eigenvalue weighted by atomic mass is 32.1. The molecule has 0 aromatic heterocycles. The number of esters is 2. The van der Waals surface area contributed by atoms with Crippen LogP contribution in [-0.2, 0) is 19.1 Å². The number of methoxy groups -OCH3 is 1. The van der Waals surface area contributed by atoms with Gasteiger partial charge >= 0.3 is 11.9 Å². The zero-order valence-electron chi connectivity index (χ0n) is 7.62. The summed E-state index contributed by atoms with van der Waals surface area (Å²) < 4.78 is 9.15. The second kappa shape index (κ2) is 7.91. The minimum absolute atomic E-state index is 0.253. The van der Waals surface area contributed by atoms with Gasteiger partial charge in [-0.15, -0.1) is 0 Å². The molecule has 0 aromatic carbocycles. The van der Waals surface area contributed by atoms with Crippen LogP contribution >= 0.6 is 12.6 Å². The van der Waals surface area contributed by atoms with E-state index in [4.69, 9.17) is 4.74 Å². The van der Waals surface area contributed by atoms with Gasteiger partial charge in [0.15, 0.2) is 0 Å². The van der Waals surface area contributed by atoms with Gasteiger partial charge in [0.05, 0.1) is 7.11 Å². The summed E-state index contributed by atoms with van der Waals surface area (Å²) in [6.45, 7) is 0.320. The number of carbonyl (C=O) groups is 2. The van der Waals surface area contributed by atoms with Crippen LogP contribution in [0.4, 0.5) is 0 Å². The van der Waals surface area contributed by atoms with E-state index in [1.807, 2.05) is 0 Å². The number of hydrogen-bond acceptors (Lipinski definition) is 5. The topological polar surface area (TPSA) is 52.6 Å². The molecule has 0 heterocycles.